The van der Waals surface area contributed by atoms with Crippen molar-refractivity contribution in [2.45, 2.75) is 26.2 Å². The summed E-state index contributed by atoms with van der Waals surface area (Å²) in [6, 6.07) is 0. The van der Waals surface area contributed by atoms with Crippen molar-refractivity contribution < 1.29 is 4.92 Å². The van der Waals surface area contributed by atoms with Gasteiger partial charge in [-0.1, -0.05) is 30.7 Å². The van der Waals surface area contributed by atoms with Crippen molar-refractivity contribution in [3.63, 3.8) is 0 Å². The van der Waals surface area contributed by atoms with Crippen molar-refractivity contribution in [3.05, 3.63) is 28.1 Å². The van der Waals surface area contributed by atoms with Crippen LogP contribution in [0.25, 0.3) is 0 Å². The zero-order chi connectivity index (χ0) is 10.1. The molecular weight excluding hydrogens is 170 g/mol. The number of rotatable bonds is 1. The van der Waals surface area contributed by atoms with E-state index in [-0.39, 0.29) is 11.4 Å². The van der Waals surface area contributed by atoms with E-state index in [1.165, 1.54) is 12.4 Å². The molecule has 5 heteroatoms. The highest BCUT2D eigenvalue weighted by Gasteiger charge is 2.18. The fourth-order valence-corrected chi connectivity index (χ4v) is 0.803. The van der Waals surface area contributed by atoms with Gasteiger partial charge in [-0.15, -0.1) is 0 Å². The van der Waals surface area contributed by atoms with E-state index in [0.29, 0.717) is 0 Å². The normalized spacial score (nSPS) is 11.3. The zero-order valence-corrected chi connectivity index (χ0v) is 7.81. The maximum atomic E-state index is 10.2. The highest BCUT2D eigenvalue weighted by molar-refractivity contribution is 5.18. The molecule has 1 heterocycles. The van der Waals surface area contributed by atoms with Crippen LogP contribution >= 0.6 is 0 Å². The van der Waals surface area contributed by atoms with Crippen LogP contribution in [0.5, 0.6) is 0 Å². The second-order valence-corrected chi connectivity index (χ2v) is 3.78. The van der Waals surface area contributed by atoms with Crippen molar-refractivity contribution in [2.75, 3.05) is 0 Å². The Balaban J connectivity index is 3.01. The molecule has 0 spiro atoms. The molecule has 0 radical (unpaired) electrons. The molecule has 1 rings (SSSR count). The molecule has 0 N–H and O–H groups in total. The van der Waals surface area contributed by atoms with E-state index in [0.717, 1.165) is 5.56 Å². The zero-order valence-electron chi connectivity index (χ0n) is 7.81. The SMILES string of the molecule is CC(C)(C)c1cnc([N+](=O)[O-])nc1. The maximum absolute atomic E-state index is 10.2. The highest BCUT2D eigenvalue weighted by atomic mass is 16.6. The fraction of sp³-hybridized carbons (Fsp3) is 0.500. The molecule has 1 aromatic heterocycles. The first-order valence-corrected chi connectivity index (χ1v) is 3.88. The smallest absolute Gasteiger partial charge is 0.390 e. The molecule has 0 atom stereocenters. The summed E-state index contributed by atoms with van der Waals surface area (Å²) in [5, 5.41) is 10.2. The van der Waals surface area contributed by atoms with Crippen molar-refractivity contribution in [3.8, 4) is 0 Å². The Morgan fingerprint density at radius 2 is 1.77 bits per heavy atom. The first-order valence-electron chi connectivity index (χ1n) is 3.88. The minimum Gasteiger partial charge on any atom is -0.390 e. The Kier molecular flexibility index (Phi) is 2.27. The van der Waals surface area contributed by atoms with Crippen LogP contribution < -0.4 is 0 Å². The average Bonchev–Trinajstić information content (AvgIpc) is 2.03. The van der Waals surface area contributed by atoms with Crippen molar-refractivity contribution in [1.82, 2.24) is 9.97 Å². The van der Waals surface area contributed by atoms with Gasteiger partial charge in [0.2, 0.25) is 0 Å². The second-order valence-electron chi connectivity index (χ2n) is 3.78. The molecule has 70 valence electrons. The summed E-state index contributed by atoms with van der Waals surface area (Å²) in [6.45, 7) is 5.99. The lowest BCUT2D eigenvalue weighted by atomic mass is 9.89. The third kappa shape index (κ3) is 2.21. The Bertz CT molecular complexity index is 313. The molecule has 5 nitrogen and oxygen atoms in total. The number of aromatic nitrogens is 2. The van der Waals surface area contributed by atoms with Gasteiger partial charge < -0.3 is 10.1 Å². The molecule has 1 aromatic rings. The predicted molar refractivity (Wildman–Crippen MR) is 47.4 cm³/mol. The Labute approximate surface area is 76.0 Å². The molecule has 0 saturated carbocycles. The summed E-state index contributed by atoms with van der Waals surface area (Å²) in [6.07, 6.45) is 2.98. The first kappa shape index (κ1) is 9.57. The van der Waals surface area contributed by atoms with Crippen LogP contribution in [0, 0.1) is 10.1 Å². The van der Waals surface area contributed by atoms with Gasteiger partial charge in [-0.2, -0.15) is 0 Å². The molecule has 0 aromatic carbocycles. The molecule has 0 amide bonds. The van der Waals surface area contributed by atoms with Crippen molar-refractivity contribution >= 4 is 5.95 Å². The minimum absolute atomic E-state index is 0.0743. The third-order valence-corrected chi connectivity index (χ3v) is 1.67. The van der Waals surface area contributed by atoms with Crippen molar-refractivity contribution in [1.29, 1.82) is 0 Å². The summed E-state index contributed by atoms with van der Waals surface area (Å²) < 4.78 is 0. The van der Waals surface area contributed by atoms with Crippen LogP contribution in [0.15, 0.2) is 12.4 Å². The molecule has 0 aliphatic rings. The van der Waals surface area contributed by atoms with Crippen LogP contribution in [0.4, 0.5) is 5.95 Å². The summed E-state index contributed by atoms with van der Waals surface area (Å²) in [5.41, 5.74) is 0.813. The standard InChI is InChI=1S/C8H11N3O2/c1-8(2,3)6-4-9-7(10-5-6)11(12)13/h4-5H,1-3H3. The molecule has 0 unspecified atom stereocenters. The van der Waals surface area contributed by atoms with Gasteiger partial charge in [0.15, 0.2) is 0 Å². The van der Waals surface area contributed by atoms with Gasteiger partial charge in [-0.25, -0.2) is 0 Å². The Morgan fingerprint density at radius 3 is 2.08 bits per heavy atom. The topological polar surface area (TPSA) is 68.9 Å². The fourth-order valence-electron chi connectivity index (χ4n) is 0.803. The van der Waals surface area contributed by atoms with E-state index >= 15 is 0 Å². The monoisotopic (exact) mass is 181 g/mol. The summed E-state index contributed by atoms with van der Waals surface area (Å²) in [5.74, 6) is -0.354. The molecular formula is C8H11N3O2. The lowest BCUT2D eigenvalue weighted by Crippen LogP contribution is -2.12. The average molecular weight is 181 g/mol. The van der Waals surface area contributed by atoms with E-state index < -0.39 is 4.92 Å². The van der Waals surface area contributed by atoms with Crippen LogP contribution in [0.2, 0.25) is 0 Å². The van der Waals surface area contributed by atoms with Gasteiger partial charge in [0, 0.05) is 5.56 Å². The third-order valence-electron chi connectivity index (χ3n) is 1.67. The van der Waals surface area contributed by atoms with Crippen molar-refractivity contribution in [2.24, 2.45) is 0 Å². The van der Waals surface area contributed by atoms with Crippen LogP contribution in [0.1, 0.15) is 26.3 Å². The largest absolute Gasteiger partial charge is 0.468 e. The number of hydrogen-bond acceptors (Lipinski definition) is 4. The summed E-state index contributed by atoms with van der Waals surface area (Å²) in [4.78, 5) is 16.9. The van der Waals surface area contributed by atoms with Gasteiger partial charge >= 0.3 is 5.95 Å². The lowest BCUT2D eigenvalue weighted by Gasteiger charge is -2.15. The van der Waals surface area contributed by atoms with Gasteiger partial charge in [0.25, 0.3) is 0 Å². The van der Waals surface area contributed by atoms with Crippen LogP contribution in [-0.4, -0.2) is 14.9 Å². The predicted octanol–water partition coefficient (Wildman–Crippen LogP) is 1.68. The number of nitro groups is 1. The maximum Gasteiger partial charge on any atom is 0.468 e. The lowest BCUT2D eigenvalue weighted by molar-refractivity contribution is -0.394. The molecule has 0 aliphatic carbocycles. The van der Waals surface area contributed by atoms with E-state index in [4.69, 9.17) is 0 Å². The molecule has 0 fully saturated rings. The van der Waals surface area contributed by atoms with Crippen LogP contribution in [-0.2, 0) is 5.41 Å². The molecule has 0 aliphatic heterocycles. The number of hydrogen-bond donors (Lipinski definition) is 0. The quantitative estimate of drug-likeness (QED) is 0.488. The Morgan fingerprint density at radius 1 is 1.31 bits per heavy atom. The minimum atomic E-state index is -0.605. The molecule has 13 heavy (non-hydrogen) atoms. The van der Waals surface area contributed by atoms with Crippen LogP contribution in [0.3, 0.4) is 0 Å². The van der Waals surface area contributed by atoms with E-state index in [1.54, 1.807) is 0 Å². The first-order chi connectivity index (χ1) is 5.91. The highest BCUT2D eigenvalue weighted by Crippen LogP contribution is 2.20. The Hall–Kier alpha value is -1.52. The summed E-state index contributed by atoms with van der Waals surface area (Å²) >= 11 is 0. The van der Waals surface area contributed by atoms with Gasteiger partial charge in [-0.3, -0.25) is 0 Å². The second kappa shape index (κ2) is 3.08. The molecule has 0 saturated heterocycles. The number of nitrogens with zero attached hydrogens (tertiary/aromatic N) is 3. The van der Waals surface area contributed by atoms with Gasteiger partial charge in [0.05, 0.1) is 0 Å². The summed E-state index contributed by atoms with van der Waals surface area (Å²) in [7, 11) is 0. The van der Waals surface area contributed by atoms with E-state index in [1.807, 2.05) is 20.8 Å². The van der Waals surface area contributed by atoms with Gasteiger partial charge in [0.1, 0.15) is 12.4 Å². The van der Waals surface area contributed by atoms with E-state index in [2.05, 4.69) is 9.97 Å². The molecule has 0 bridgehead atoms. The van der Waals surface area contributed by atoms with E-state index in [9.17, 15) is 10.1 Å². The van der Waals surface area contributed by atoms with Gasteiger partial charge in [-0.05, 0) is 10.3 Å².